The van der Waals surface area contributed by atoms with Crippen LogP contribution < -0.4 is 0 Å². The van der Waals surface area contributed by atoms with Gasteiger partial charge in [0.2, 0.25) is 0 Å². The molecule has 0 heterocycles. The van der Waals surface area contributed by atoms with Crippen LogP contribution in [0.15, 0.2) is 37.0 Å². The molecule has 0 bridgehead atoms. The standard InChI is InChI=1S/C10H14O/c1-2-3-5-9-6-4-7-10(9)8-11/h2-6,9-11H,1,7-8H2/b5-3+/t9-,10-/m0/s1. The summed E-state index contributed by atoms with van der Waals surface area (Å²) in [5, 5.41) is 8.94. The van der Waals surface area contributed by atoms with E-state index in [2.05, 4.69) is 24.8 Å². The maximum atomic E-state index is 8.94. The first-order valence-electron chi connectivity index (χ1n) is 3.95. The number of aliphatic hydroxyl groups excluding tert-OH is 1. The van der Waals surface area contributed by atoms with Gasteiger partial charge in [-0.05, 0) is 12.3 Å². The lowest BCUT2D eigenvalue weighted by Crippen LogP contribution is -2.09. The Labute approximate surface area is 67.7 Å². The molecule has 0 aliphatic heterocycles. The molecule has 0 spiro atoms. The quantitative estimate of drug-likeness (QED) is 0.481. The largest absolute Gasteiger partial charge is 0.396 e. The summed E-state index contributed by atoms with van der Waals surface area (Å²) in [7, 11) is 0. The van der Waals surface area contributed by atoms with E-state index in [-0.39, 0.29) is 6.61 Å². The van der Waals surface area contributed by atoms with Crippen molar-refractivity contribution in [3.05, 3.63) is 37.0 Å². The molecule has 0 saturated carbocycles. The molecule has 1 heteroatoms. The Morgan fingerprint density at radius 2 is 2.45 bits per heavy atom. The molecule has 1 nitrogen and oxygen atoms in total. The number of rotatable bonds is 3. The van der Waals surface area contributed by atoms with Crippen LogP contribution in [0, 0.1) is 11.8 Å². The molecule has 0 aromatic carbocycles. The molecule has 2 atom stereocenters. The fourth-order valence-corrected chi connectivity index (χ4v) is 1.35. The fraction of sp³-hybridized carbons (Fsp3) is 0.400. The number of aliphatic hydroxyl groups is 1. The molecule has 0 aromatic heterocycles. The third-order valence-corrected chi connectivity index (χ3v) is 2.05. The van der Waals surface area contributed by atoms with Crippen LogP contribution in [0.2, 0.25) is 0 Å². The molecule has 60 valence electrons. The van der Waals surface area contributed by atoms with Crippen LogP contribution in [0.1, 0.15) is 6.42 Å². The molecule has 0 saturated heterocycles. The topological polar surface area (TPSA) is 20.2 Å². The first-order valence-corrected chi connectivity index (χ1v) is 3.95. The predicted molar refractivity (Wildman–Crippen MR) is 47.2 cm³/mol. The van der Waals surface area contributed by atoms with Gasteiger partial charge < -0.3 is 5.11 Å². The van der Waals surface area contributed by atoms with Gasteiger partial charge in [-0.3, -0.25) is 0 Å². The van der Waals surface area contributed by atoms with Gasteiger partial charge in [-0.15, -0.1) is 0 Å². The summed E-state index contributed by atoms with van der Waals surface area (Å²) in [5.74, 6) is 0.809. The lowest BCUT2D eigenvalue weighted by atomic mass is 9.96. The van der Waals surface area contributed by atoms with E-state index in [9.17, 15) is 0 Å². The molecule has 1 aliphatic rings. The first-order chi connectivity index (χ1) is 5.38. The zero-order valence-electron chi connectivity index (χ0n) is 6.61. The van der Waals surface area contributed by atoms with E-state index in [1.807, 2.05) is 6.08 Å². The Hall–Kier alpha value is -0.820. The number of hydrogen-bond acceptors (Lipinski definition) is 1. The molecule has 0 amide bonds. The Bertz CT molecular complexity index is 179. The first kappa shape index (κ1) is 8.28. The van der Waals surface area contributed by atoms with E-state index in [1.165, 1.54) is 0 Å². The minimum atomic E-state index is 0.277. The average Bonchev–Trinajstić information content (AvgIpc) is 2.47. The number of hydrogen-bond donors (Lipinski definition) is 1. The van der Waals surface area contributed by atoms with Gasteiger partial charge in [-0.1, -0.05) is 37.0 Å². The van der Waals surface area contributed by atoms with E-state index in [0.29, 0.717) is 11.8 Å². The summed E-state index contributed by atoms with van der Waals surface area (Å²) in [6.07, 6.45) is 11.0. The zero-order chi connectivity index (χ0) is 8.10. The van der Waals surface area contributed by atoms with Gasteiger partial charge in [0, 0.05) is 12.5 Å². The summed E-state index contributed by atoms with van der Waals surface area (Å²) < 4.78 is 0. The van der Waals surface area contributed by atoms with Crippen molar-refractivity contribution in [2.45, 2.75) is 6.42 Å². The minimum Gasteiger partial charge on any atom is -0.396 e. The fourth-order valence-electron chi connectivity index (χ4n) is 1.35. The molecular formula is C10H14O. The van der Waals surface area contributed by atoms with Crippen LogP contribution in [0.3, 0.4) is 0 Å². The highest BCUT2D eigenvalue weighted by Gasteiger charge is 2.18. The van der Waals surface area contributed by atoms with Crippen LogP contribution >= 0.6 is 0 Å². The molecule has 0 fully saturated rings. The second-order valence-electron chi connectivity index (χ2n) is 2.80. The molecule has 1 aliphatic carbocycles. The summed E-state index contributed by atoms with van der Waals surface area (Å²) in [6, 6.07) is 0. The summed E-state index contributed by atoms with van der Waals surface area (Å²) >= 11 is 0. The predicted octanol–water partition coefficient (Wildman–Crippen LogP) is 1.91. The van der Waals surface area contributed by atoms with Gasteiger partial charge >= 0.3 is 0 Å². The van der Waals surface area contributed by atoms with Gasteiger partial charge in [-0.25, -0.2) is 0 Å². The van der Waals surface area contributed by atoms with Crippen molar-refractivity contribution in [2.75, 3.05) is 6.61 Å². The summed E-state index contributed by atoms with van der Waals surface area (Å²) in [6.45, 7) is 3.88. The summed E-state index contributed by atoms with van der Waals surface area (Å²) in [4.78, 5) is 0. The third kappa shape index (κ3) is 2.05. The number of allylic oxidation sites excluding steroid dienone is 5. The van der Waals surface area contributed by atoms with Gasteiger partial charge in [0.05, 0.1) is 0 Å². The van der Waals surface area contributed by atoms with E-state index >= 15 is 0 Å². The monoisotopic (exact) mass is 150 g/mol. The molecule has 11 heavy (non-hydrogen) atoms. The van der Waals surface area contributed by atoms with Crippen LogP contribution in [-0.4, -0.2) is 11.7 Å². The van der Waals surface area contributed by atoms with Gasteiger partial charge in [-0.2, -0.15) is 0 Å². The minimum absolute atomic E-state index is 0.277. The Morgan fingerprint density at radius 3 is 3.09 bits per heavy atom. The van der Waals surface area contributed by atoms with Crippen LogP contribution in [0.4, 0.5) is 0 Å². The Morgan fingerprint density at radius 1 is 1.64 bits per heavy atom. The van der Waals surface area contributed by atoms with Crippen LogP contribution in [0.25, 0.3) is 0 Å². The second kappa shape index (κ2) is 4.14. The van der Waals surface area contributed by atoms with Crippen molar-refractivity contribution in [1.82, 2.24) is 0 Å². The lowest BCUT2D eigenvalue weighted by Gasteiger charge is -2.11. The molecule has 0 unspecified atom stereocenters. The highest BCUT2D eigenvalue weighted by Crippen LogP contribution is 2.25. The van der Waals surface area contributed by atoms with E-state index < -0.39 is 0 Å². The molecular weight excluding hydrogens is 136 g/mol. The maximum Gasteiger partial charge on any atom is 0.0470 e. The van der Waals surface area contributed by atoms with Crippen molar-refractivity contribution in [3.8, 4) is 0 Å². The summed E-state index contributed by atoms with van der Waals surface area (Å²) in [5.41, 5.74) is 0. The molecule has 1 rings (SSSR count). The van der Waals surface area contributed by atoms with Gasteiger partial charge in [0.1, 0.15) is 0 Å². The normalized spacial score (nSPS) is 29.9. The van der Waals surface area contributed by atoms with E-state index in [1.54, 1.807) is 6.08 Å². The van der Waals surface area contributed by atoms with Crippen molar-refractivity contribution in [2.24, 2.45) is 11.8 Å². The van der Waals surface area contributed by atoms with E-state index in [4.69, 9.17) is 5.11 Å². The van der Waals surface area contributed by atoms with Crippen LogP contribution in [-0.2, 0) is 0 Å². The smallest absolute Gasteiger partial charge is 0.0470 e. The van der Waals surface area contributed by atoms with E-state index in [0.717, 1.165) is 6.42 Å². The van der Waals surface area contributed by atoms with Gasteiger partial charge in [0.25, 0.3) is 0 Å². The highest BCUT2D eigenvalue weighted by atomic mass is 16.3. The van der Waals surface area contributed by atoms with Gasteiger partial charge in [0.15, 0.2) is 0 Å². The highest BCUT2D eigenvalue weighted by molar-refractivity contribution is 5.12. The van der Waals surface area contributed by atoms with Crippen LogP contribution in [0.5, 0.6) is 0 Å². The van der Waals surface area contributed by atoms with Crippen molar-refractivity contribution < 1.29 is 5.11 Å². The van der Waals surface area contributed by atoms with Crippen molar-refractivity contribution in [1.29, 1.82) is 0 Å². The Balaban J connectivity index is 2.49. The third-order valence-electron chi connectivity index (χ3n) is 2.05. The second-order valence-corrected chi connectivity index (χ2v) is 2.80. The van der Waals surface area contributed by atoms with Crippen molar-refractivity contribution in [3.63, 3.8) is 0 Å². The molecule has 0 radical (unpaired) electrons. The molecule has 0 aromatic rings. The SMILES string of the molecule is C=C/C=C/[C@H]1C=CC[C@H]1CO. The maximum absolute atomic E-state index is 8.94. The molecule has 1 N–H and O–H groups in total. The van der Waals surface area contributed by atoms with Crippen molar-refractivity contribution >= 4 is 0 Å². The average molecular weight is 150 g/mol. The lowest BCUT2D eigenvalue weighted by molar-refractivity contribution is 0.216. The Kier molecular flexibility index (Phi) is 3.12. The zero-order valence-corrected chi connectivity index (χ0v) is 6.61.